The maximum atomic E-state index is 11.9. The highest BCUT2D eigenvalue weighted by Gasteiger charge is 2.25. The number of nitrogens with zero attached hydrogens (tertiary/aromatic N) is 1. The highest BCUT2D eigenvalue weighted by Crippen LogP contribution is 2.20. The number of aryl methyl sites for hydroxylation is 1. The van der Waals surface area contributed by atoms with Gasteiger partial charge in [-0.3, -0.25) is 4.79 Å². The Balaban J connectivity index is 2.97. The number of sulfonamides is 1. The molecule has 0 bridgehead atoms. The summed E-state index contributed by atoms with van der Waals surface area (Å²) < 4.78 is 23.4. The van der Waals surface area contributed by atoms with Gasteiger partial charge >= 0.3 is 5.97 Å². The van der Waals surface area contributed by atoms with Crippen LogP contribution >= 0.6 is 0 Å². The summed E-state index contributed by atoms with van der Waals surface area (Å²) >= 11 is 0. The Morgan fingerprint density at radius 3 is 2.41 bits per heavy atom. The molecule has 122 valence electrons. The molecular weight excluding hydrogens is 308 g/mol. The summed E-state index contributed by atoms with van der Waals surface area (Å²) in [6.07, 6.45) is 0.972. The Hall–Kier alpha value is -1.93. The summed E-state index contributed by atoms with van der Waals surface area (Å²) in [6.45, 7) is 3.18. The lowest BCUT2D eigenvalue weighted by molar-refractivity contribution is -0.142. The van der Waals surface area contributed by atoms with Crippen molar-refractivity contribution >= 4 is 21.9 Å². The van der Waals surface area contributed by atoms with Gasteiger partial charge in [0.25, 0.3) is 0 Å². The first kappa shape index (κ1) is 18.1. The van der Waals surface area contributed by atoms with E-state index in [1.165, 1.54) is 7.05 Å². The highest BCUT2D eigenvalue weighted by atomic mass is 32.2. The molecule has 0 saturated carbocycles. The predicted molar refractivity (Wildman–Crippen MR) is 81.9 cm³/mol. The number of carbonyl (C=O) groups is 2. The number of amides is 1. The van der Waals surface area contributed by atoms with Crippen LogP contribution in [0.25, 0.3) is 0 Å². The van der Waals surface area contributed by atoms with Crippen LogP contribution in [0.1, 0.15) is 22.7 Å². The van der Waals surface area contributed by atoms with Crippen LogP contribution < -0.4 is 5.32 Å². The first-order valence-corrected chi connectivity index (χ1v) is 8.38. The number of carboxylic acids is 1. The van der Waals surface area contributed by atoms with Crippen molar-refractivity contribution in [2.45, 2.75) is 19.9 Å². The van der Waals surface area contributed by atoms with Crippen molar-refractivity contribution in [1.82, 2.24) is 9.62 Å². The Kier molecular flexibility index (Phi) is 5.67. The van der Waals surface area contributed by atoms with E-state index in [1.54, 1.807) is 19.1 Å². The van der Waals surface area contributed by atoms with E-state index in [-0.39, 0.29) is 0 Å². The lowest BCUT2D eigenvalue weighted by Gasteiger charge is -2.20. The summed E-state index contributed by atoms with van der Waals surface area (Å²) in [5.41, 5.74) is 2.15. The predicted octanol–water partition coefficient (Wildman–Crippen LogP) is 0.437. The van der Waals surface area contributed by atoms with Crippen molar-refractivity contribution in [1.29, 1.82) is 0 Å². The highest BCUT2D eigenvalue weighted by molar-refractivity contribution is 7.88. The molecule has 1 aromatic carbocycles. The van der Waals surface area contributed by atoms with Crippen molar-refractivity contribution in [3.8, 4) is 0 Å². The Morgan fingerprint density at radius 2 is 1.91 bits per heavy atom. The van der Waals surface area contributed by atoms with Crippen LogP contribution in [0.2, 0.25) is 0 Å². The molecule has 0 heterocycles. The standard InChI is InChI=1S/C14H20N2O5S/c1-9-6-5-7-11(10(9)2)13(14(18)19)15-12(17)8-16(3)22(4,20)21/h5-7,13H,8H2,1-4H3,(H,15,17)(H,18,19). The molecule has 0 aliphatic rings. The van der Waals surface area contributed by atoms with Crippen LogP contribution in [-0.4, -0.2) is 49.6 Å². The van der Waals surface area contributed by atoms with Crippen LogP contribution in [0.5, 0.6) is 0 Å². The Labute approximate surface area is 130 Å². The molecular formula is C14H20N2O5S. The van der Waals surface area contributed by atoms with Gasteiger partial charge in [-0.05, 0) is 30.5 Å². The average molecular weight is 328 g/mol. The lowest BCUT2D eigenvalue weighted by Crippen LogP contribution is -2.41. The van der Waals surface area contributed by atoms with Crippen molar-refractivity contribution in [3.63, 3.8) is 0 Å². The Morgan fingerprint density at radius 1 is 1.32 bits per heavy atom. The SMILES string of the molecule is Cc1cccc(C(NC(=O)CN(C)S(C)(=O)=O)C(=O)O)c1C. The van der Waals surface area contributed by atoms with Crippen molar-refractivity contribution in [3.05, 3.63) is 34.9 Å². The smallest absolute Gasteiger partial charge is 0.330 e. The van der Waals surface area contributed by atoms with Crippen LogP contribution in [0.15, 0.2) is 18.2 Å². The van der Waals surface area contributed by atoms with Crippen LogP contribution in [-0.2, 0) is 19.6 Å². The maximum Gasteiger partial charge on any atom is 0.330 e. The molecule has 0 radical (unpaired) electrons. The van der Waals surface area contributed by atoms with E-state index in [9.17, 15) is 23.1 Å². The largest absolute Gasteiger partial charge is 0.479 e. The Bertz CT molecular complexity index is 684. The zero-order valence-electron chi connectivity index (χ0n) is 13.0. The van der Waals surface area contributed by atoms with Gasteiger partial charge in [-0.1, -0.05) is 18.2 Å². The van der Waals surface area contributed by atoms with Gasteiger partial charge in [0, 0.05) is 7.05 Å². The van der Waals surface area contributed by atoms with Gasteiger partial charge in [-0.15, -0.1) is 0 Å². The summed E-state index contributed by atoms with van der Waals surface area (Å²) in [5, 5.41) is 11.7. The molecule has 1 unspecified atom stereocenters. The first-order valence-electron chi connectivity index (χ1n) is 6.53. The zero-order chi connectivity index (χ0) is 17.1. The van der Waals surface area contributed by atoms with E-state index < -0.39 is 34.5 Å². The zero-order valence-corrected chi connectivity index (χ0v) is 13.8. The molecule has 22 heavy (non-hydrogen) atoms. The number of carboxylic acid groups (broad SMARTS) is 1. The van der Waals surface area contributed by atoms with Crippen LogP contribution in [0.4, 0.5) is 0 Å². The average Bonchev–Trinajstić information content (AvgIpc) is 2.38. The summed E-state index contributed by atoms with van der Waals surface area (Å²) in [4.78, 5) is 23.3. The topological polar surface area (TPSA) is 104 Å². The minimum Gasteiger partial charge on any atom is -0.479 e. The molecule has 7 nitrogen and oxygen atoms in total. The fourth-order valence-corrected chi connectivity index (χ4v) is 2.24. The maximum absolute atomic E-state index is 11.9. The van der Waals surface area contributed by atoms with Gasteiger partial charge in [0.1, 0.15) is 0 Å². The molecule has 0 saturated heterocycles. The van der Waals surface area contributed by atoms with Crippen molar-refractivity contribution in [2.24, 2.45) is 0 Å². The van der Waals surface area contributed by atoms with Gasteiger partial charge in [-0.2, -0.15) is 4.31 Å². The molecule has 0 aliphatic carbocycles. The third-order valence-corrected chi connectivity index (χ3v) is 4.70. The van der Waals surface area contributed by atoms with Crippen molar-refractivity contribution in [2.75, 3.05) is 19.8 Å². The number of aliphatic carboxylic acids is 1. The first-order chi connectivity index (χ1) is 10.0. The fourth-order valence-electron chi connectivity index (χ4n) is 1.89. The lowest BCUT2D eigenvalue weighted by atomic mass is 9.97. The second-order valence-electron chi connectivity index (χ2n) is 5.15. The minimum atomic E-state index is -3.51. The van der Waals surface area contributed by atoms with E-state index in [1.807, 2.05) is 13.0 Å². The molecule has 0 aliphatic heterocycles. The number of carbonyl (C=O) groups excluding carboxylic acids is 1. The number of nitrogens with one attached hydrogen (secondary N) is 1. The van der Waals surface area contributed by atoms with Gasteiger partial charge in [0.05, 0.1) is 12.8 Å². The summed E-state index contributed by atoms with van der Waals surface area (Å²) in [5.74, 6) is -1.88. The van der Waals surface area contributed by atoms with Crippen LogP contribution in [0, 0.1) is 13.8 Å². The van der Waals surface area contributed by atoms with Crippen molar-refractivity contribution < 1.29 is 23.1 Å². The molecule has 2 N–H and O–H groups in total. The van der Waals surface area contributed by atoms with E-state index in [2.05, 4.69) is 5.32 Å². The number of likely N-dealkylation sites (N-methyl/N-ethyl adjacent to an activating group) is 1. The van der Waals surface area contributed by atoms with E-state index in [4.69, 9.17) is 0 Å². The number of hydrogen-bond donors (Lipinski definition) is 2. The second-order valence-corrected chi connectivity index (χ2v) is 7.24. The molecule has 1 rings (SSSR count). The van der Waals surface area contributed by atoms with Gasteiger partial charge in [-0.25, -0.2) is 13.2 Å². The van der Waals surface area contributed by atoms with E-state index in [0.29, 0.717) is 5.56 Å². The normalized spacial score (nSPS) is 13.0. The van der Waals surface area contributed by atoms with Crippen LogP contribution in [0.3, 0.4) is 0 Å². The number of hydrogen-bond acceptors (Lipinski definition) is 4. The third kappa shape index (κ3) is 4.54. The quantitative estimate of drug-likeness (QED) is 0.788. The molecule has 0 fully saturated rings. The summed E-state index contributed by atoms with van der Waals surface area (Å²) in [7, 11) is -2.26. The molecule has 0 spiro atoms. The third-order valence-electron chi connectivity index (χ3n) is 3.44. The molecule has 0 aromatic heterocycles. The molecule has 1 atom stereocenters. The minimum absolute atomic E-state index is 0.437. The number of rotatable bonds is 6. The van der Waals surface area contributed by atoms with Gasteiger partial charge in [0.15, 0.2) is 6.04 Å². The monoisotopic (exact) mass is 328 g/mol. The molecule has 8 heteroatoms. The molecule has 1 aromatic rings. The number of benzene rings is 1. The molecule has 1 amide bonds. The fraction of sp³-hybridized carbons (Fsp3) is 0.429. The van der Waals surface area contributed by atoms with E-state index in [0.717, 1.165) is 21.7 Å². The van der Waals surface area contributed by atoms with E-state index >= 15 is 0 Å². The van der Waals surface area contributed by atoms with Gasteiger partial charge < -0.3 is 10.4 Å². The second kappa shape index (κ2) is 6.89. The summed E-state index contributed by atoms with van der Waals surface area (Å²) in [6, 6.07) is 3.96. The van der Waals surface area contributed by atoms with Gasteiger partial charge in [0.2, 0.25) is 15.9 Å².